The molecule has 0 aliphatic heterocycles. The van der Waals surface area contributed by atoms with Crippen LogP contribution in [-0.4, -0.2) is 30.4 Å². The van der Waals surface area contributed by atoms with Crippen molar-refractivity contribution in [3.8, 4) is 5.75 Å². The Morgan fingerprint density at radius 1 is 1.11 bits per heavy atom. The van der Waals surface area contributed by atoms with E-state index in [2.05, 4.69) is 20.5 Å². The fraction of sp³-hybridized carbons (Fsp3) is 0.227. The fourth-order valence-corrected chi connectivity index (χ4v) is 3.32. The smallest absolute Gasteiger partial charge is 0.434 e. The van der Waals surface area contributed by atoms with Crippen LogP contribution in [0.25, 0.3) is 0 Å². The summed E-state index contributed by atoms with van der Waals surface area (Å²) < 4.78 is 26.6. The average molecular weight is 503 g/mol. The minimum atomic E-state index is -0.921. The maximum absolute atomic E-state index is 14.5. The lowest BCUT2D eigenvalue weighted by atomic mass is 10.2. The van der Waals surface area contributed by atoms with Gasteiger partial charge in [-0.1, -0.05) is 23.7 Å². The molecule has 0 radical (unpaired) electrons. The predicted octanol–water partition coefficient (Wildman–Crippen LogP) is 2.50. The minimum absolute atomic E-state index is 0.00710. The maximum Gasteiger partial charge on any atom is 0.434 e. The molecular weight excluding hydrogens is 483 g/mol. The molecule has 13 heteroatoms. The molecule has 0 aliphatic carbocycles. The summed E-state index contributed by atoms with van der Waals surface area (Å²) in [5.41, 5.74) is -0.750. The molecule has 35 heavy (non-hydrogen) atoms. The van der Waals surface area contributed by atoms with Crippen LogP contribution in [0.2, 0.25) is 5.02 Å². The maximum atomic E-state index is 14.5. The normalized spacial score (nSPS) is 11.1. The van der Waals surface area contributed by atoms with Gasteiger partial charge in [0.15, 0.2) is 11.6 Å². The van der Waals surface area contributed by atoms with E-state index in [4.69, 9.17) is 20.8 Å². The van der Waals surface area contributed by atoms with E-state index >= 15 is 0 Å². The number of benzene rings is 2. The van der Waals surface area contributed by atoms with Gasteiger partial charge in [-0.05, 0) is 43.7 Å². The first-order valence-electron chi connectivity index (χ1n) is 10.4. The molecule has 0 saturated carbocycles. The Kier molecular flexibility index (Phi) is 6.82. The van der Waals surface area contributed by atoms with Crippen molar-refractivity contribution in [3.05, 3.63) is 96.3 Å². The van der Waals surface area contributed by atoms with Gasteiger partial charge in [-0.25, -0.2) is 28.4 Å². The van der Waals surface area contributed by atoms with Crippen LogP contribution in [-0.2, 0) is 13.1 Å². The van der Waals surface area contributed by atoms with E-state index in [9.17, 15) is 18.8 Å². The fourth-order valence-electron chi connectivity index (χ4n) is 3.20. The number of anilines is 2. The van der Waals surface area contributed by atoms with Crippen LogP contribution in [0.1, 0.15) is 25.3 Å². The van der Waals surface area contributed by atoms with Crippen LogP contribution in [0, 0.1) is 5.82 Å². The van der Waals surface area contributed by atoms with Gasteiger partial charge in [0.25, 0.3) is 0 Å². The van der Waals surface area contributed by atoms with Gasteiger partial charge in [-0.15, -0.1) is 5.10 Å². The first-order valence-corrected chi connectivity index (χ1v) is 10.8. The quantitative estimate of drug-likeness (QED) is 0.375. The zero-order valence-electron chi connectivity index (χ0n) is 18.6. The number of hydrogen-bond donors (Lipinski definition) is 2. The number of halogens is 2. The van der Waals surface area contributed by atoms with Crippen LogP contribution in [0.4, 0.5) is 16.0 Å². The SMILES string of the molecule is CC(C)Oc1ccc(Nc2nc(=O)n(Cc3n[nH]c(=O)o3)c(=O)n2Cc2ccc(Cl)cc2)cc1F. The molecule has 0 spiro atoms. The summed E-state index contributed by atoms with van der Waals surface area (Å²) in [6.07, 6.45) is -0.221. The first-order chi connectivity index (χ1) is 16.7. The lowest BCUT2D eigenvalue weighted by Crippen LogP contribution is -2.43. The van der Waals surface area contributed by atoms with Gasteiger partial charge in [0.1, 0.15) is 6.54 Å². The van der Waals surface area contributed by atoms with Crippen LogP contribution in [0.5, 0.6) is 5.75 Å². The van der Waals surface area contributed by atoms with Gasteiger partial charge < -0.3 is 14.5 Å². The zero-order valence-corrected chi connectivity index (χ0v) is 19.4. The molecule has 0 atom stereocenters. The Balaban J connectivity index is 1.75. The van der Waals surface area contributed by atoms with Crippen molar-refractivity contribution in [1.82, 2.24) is 24.3 Å². The number of rotatable bonds is 8. The molecule has 0 fully saturated rings. The van der Waals surface area contributed by atoms with Gasteiger partial charge in [-0.3, -0.25) is 4.57 Å². The Hall–Kier alpha value is -4.19. The molecule has 2 aromatic carbocycles. The zero-order chi connectivity index (χ0) is 25.1. The van der Waals surface area contributed by atoms with Gasteiger partial charge >= 0.3 is 17.1 Å². The van der Waals surface area contributed by atoms with Gasteiger partial charge in [0, 0.05) is 16.8 Å². The van der Waals surface area contributed by atoms with Crippen molar-refractivity contribution in [3.63, 3.8) is 0 Å². The molecule has 0 saturated heterocycles. The number of ether oxygens (including phenoxy) is 1. The highest BCUT2D eigenvalue weighted by molar-refractivity contribution is 6.30. The van der Waals surface area contributed by atoms with E-state index in [1.807, 2.05) is 0 Å². The number of nitrogens with one attached hydrogen (secondary N) is 2. The van der Waals surface area contributed by atoms with Crippen molar-refractivity contribution >= 4 is 23.2 Å². The van der Waals surface area contributed by atoms with Crippen molar-refractivity contribution < 1.29 is 13.5 Å². The number of aromatic nitrogens is 5. The molecule has 182 valence electrons. The number of hydrogen-bond acceptors (Lipinski definition) is 8. The minimum Gasteiger partial charge on any atom is -0.488 e. The summed E-state index contributed by atoms with van der Waals surface area (Å²) in [7, 11) is 0. The Morgan fingerprint density at radius 3 is 2.49 bits per heavy atom. The highest BCUT2D eigenvalue weighted by atomic mass is 35.5. The van der Waals surface area contributed by atoms with Crippen molar-refractivity contribution in [2.24, 2.45) is 0 Å². The van der Waals surface area contributed by atoms with Crippen LogP contribution in [0.3, 0.4) is 0 Å². The second-order valence-electron chi connectivity index (χ2n) is 7.74. The van der Waals surface area contributed by atoms with E-state index in [-0.39, 0.29) is 35.9 Å². The molecule has 0 bridgehead atoms. The highest BCUT2D eigenvalue weighted by Crippen LogP contribution is 2.24. The lowest BCUT2D eigenvalue weighted by molar-refractivity contribution is 0.231. The molecule has 0 unspecified atom stereocenters. The second-order valence-corrected chi connectivity index (χ2v) is 8.18. The van der Waals surface area contributed by atoms with Gasteiger partial charge in [0.2, 0.25) is 11.8 Å². The molecule has 0 amide bonds. The number of H-pyrrole nitrogens is 1. The van der Waals surface area contributed by atoms with E-state index in [0.29, 0.717) is 10.6 Å². The third kappa shape index (κ3) is 5.66. The molecule has 11 nitrogen and oxygen atoms in total. The summed E-state index contributed by atoms with van der Waals surface area (Å²) in [5, 5.41) is 9.02. The van der Waals surface area contributed by atoms with Crippen molar-refractivity contribution in [1.29, 1.82) is 0 Å². The molecule has 2 N–H and O–H groups in total. The summed E-state index contributed by atoms with van der Waals surface area (Å²) in [6.45, 7) is 3.13. The van der Waals surface area contributed by atoms with Crippen molar-refractivity contribution in [2.75, 3.05) is 5.32 Å². The predicted molar refractivity (Wildman–Crippen MR) is 125 cm³/mol. The number of nitrogens with zero attached hydrogens (tertiary/aromatic N) is 4. The molecule has 0 aliphatic rings. The van der Waals surface area contributed by atoms with E-state index in [0.717, 1.165) is 4.57 Å². The van der Waals surface area contributed by atoms with E-state index in [1.165, 1.54) is 22.8 Å². The van der Waals surface area contributed by atoms with E-state index in [1.54, 1.807) is 38.1 Å². The summed E-state index contributed by atoms with van der Waals surface area (Å²) in [5.74, 6) is -1.68. The Morgan fingerprint density at radius 2 is 1.86 bits per heavy atom. The molecule has 4 rings (SSSR count). The average Bonchev–Trinajstić information content (AvgIpc) is 3.21. The van der Waals surface area contributed by atoms with Crippen LogP contribution < -0.4 is 27.2 Å². The van der Waals surface area contributed by atoms with Crippen LogP contribution >= 0.6 is 11.6 Å². The topological polar surface area (TPSA) is 137 Å². The van der Waals surface area contributed by atoms with Crippen LogP contribution in [0.15, 0.2) is 61.3 Å². The molecular formula is C22H20ClFN6O5. The Bertz CT molecular complexity index is 1520. The molecule has 2 heterocycles. The van der Waals surface area contributed by atoms with Gasteiger partial charge in [-0.2, -0.15) is 4.98 Å². The number of aromatic amines is 1. The summed E-state index contributed by atoms with van der Waals surface area (Å²) in [4.78, 5) is 41.2. The third-order valence-electron chi connectivity index (χ3n) is 4.73. The standard InChI is InChI=1S/C22H20ClFN6O5/c1-12(2)34-17-8-7-15(9-16(17)24)25-19-26-20(31)30(11-18-27-28-21(32)35-18)22(33)29(19)10-13-3-5-14(23)6-4-13/h3-9,12H,10-11H2,1-2H3,(H,28,32)(H,25,26,31). The molecule has 2 aromatic heterocycles. The first kappa shape index (κ1) is 24.0. The second kappa shape index (κ2) is 9.97. The van der Waals surface area contributed by atoms with Crippen molar-refractivity contribution in [2.45, 2.75) is 33.0 Å². The molecule has 4 aromatic rings. The monoisotopic (exact) mass is 502 g/mol. The van der Waals surface area contributed by atoms with Gasteiger partial charge in [0.05, 0.1) is 12.6 Å². The summed E-state index contributed by atoms with van der Waals surface area (Å²) in [6, 6.07) is 10.8. The Labute approximate surface area is 201 Å². The summed E-state index contributed by atoms with van der Waals surface area (Å²) >= 11 is 5.95. The lowest BCUT2D eigenvalue weighted by Gasteiger charge is -2.16. The highest BCUT2D eigenvalue weighted by Gasteiger charge is 2.17. The van der Waals surface area contributed by atoms with E-state index < -0.39 is 29.5 Å². The third-order valence-corrected chi connectivity index (χ3v) is 4.98. The largest absolute Gasteiger partial charge is 0.488 e.